The van der Waals surface area contributed by atoms with E-state index in [4.69, 9.17) is 9.73 Å². The predicted octanol–water partition coefficient (Wildman–Crippen LogP) is 5.81. The van der Waals surface area contributed by atoms with E-state index < -0.39 is 0 Å². The fourth-order valence-corrected chi connectivity index (χ4v) is 3.99. The van der Waals surface area contributed by atoms with Crippen LogP contribution in [-0.2, 0) is 6.54 Å². The summed E-state index contributed by atoms with van der Waals surface area (Å²) in [5.74, 6) is 0.836. The number of benzene rings is 3. The van der Waals surface area contributed by atoms with Crippen LogP contribution in [0.15, 0.2) is 89.2 Å². The number of nitrogens with zero attached hydrogens (tertiary/aromatic N) is 2. The number of aromatic nitrogens is 1. The van der Waals surface area contributed by atoms with Crippen molar-refractivity contribution in [2.24, 2.45) is 4.99 Å². The van der Waals surface area contributed by atoms with Gasteiger partial charge in [0.15, 0.2) is 4.80 Å². The van der Waals surface area contributed by atoms with Crippen LogP contribution in [0.1, 0.15) is 11.1 Å². The molecule has 1 aromatic heterocycles. The molecule has 0 unspecified atom stereocenters. The quantitative estimate of drug-likeness (QED) is 0.425. The van der Waals surface area contributed by atoms with Crippen molar-refractivity contribution in [2.45, 2.75) is 13.5 Å². The van der Waals surface area contributed by atoms with Gasteiger partial charge < -0.3 is 9.30 Å². The van der Waals surface area contributed by atoms with Crippen LogP contribution in [0.25, 0.3) is 11.3 Å². The van der Waals surface area contributed by atoms with E-state index in [2.05, 4.69) is 65.4 Å². The van der Waals surface area contributed by atoms with Crippen molar-refractivity contribution in [3.8, 4) is 17.0 Å². The van der Waals surface area contributed by atoms with E-state index in [1.54, 1.807) is 18.4 Å². The lowest BCUT2D eigenvalue weighted by molar-refractivity contribution is 0.415. The van der Waals surface area contributed by atoms with Gasteiger partial charge in [0.05, 0.1) is 25.0 Å². The van der Waals surface area contributed by atoms with Gasteiger partial charge in [-0.05, 0) is 42.3 Å². The Morgan fingerprint density at radius 3 is 2.29 bits per heavy atom. The van der Waals surface area contributed by atoms with Gasteiger partial charge in [-0.25, -0.2) is 4.99 Å². The Morgan fingerprint density at radius 1 is 0.893 bits per heavy atom. The first kappa shape index (κ1) is 18.3. The third kappa shape index (κ3) is 4.07. The first-order valence-corrected chi connectivity index (χ1v) is 10.1. The number of aryl methyl sites for hydroxylation is 1. The predicted molar refractivity (Wildman–Crippen MR) is 116 cm³/mol. The van der Waals surface area contributed by atoms with Crippen LogP contribution in [0.3, 0.4) is 0 Å². The molecule has 0 saturated heterocycles. The Bertz CT molecular complexity index is 1110. The van der Waals surface area contributed by atoms with Crippen molar-refractivity contribution in [3.63, 3.8) is 0 Å². The summed E-state index contributed by atoms with van der Waals surface area (Å²) in [4.78, 5) is 5.88. The first-order valence-electron chi connectivity index (χ1n) is 9.21. The van der Waals surface area contributed by atoms with E-state index >= 15 is 0 Å². The van der Waals surface area contributed by atoms with Crippen molar-refractivity contribution in [3.05, 3.63) is 100 Å². The molecular formula is C24H22N2OS. The van der Waals surface area contributed by atoms with E-state index in [-0.39, 0.29) is 0 Å². The topological polar surface area (TPSA) is 26.5 Å². The van der Waals surface area contributed by atoms with Gasteiger partial charge in [0.25, 0.3) is 0 Å². The highest BCUT2D eigenvalue weighted by Crippen LogP contribution is 2.23. The molecule has 0 saturated carbocycles. The summed E-state index contributed by atoms with van der Waals surface area (Å²) in [5.41, 5.74) is 5.82. The Kier molecular flexibility index (Phi) is 5.40. The van der Waals surface area contributed by atoms with E-state index in [0.29, 0.717) is 0 Å². The first-order chi connectivity index (χ1) is 13.7. The number of thiazole rings is 1. The maximum atomic E-state index is 5.25. The maximum Gasteiger partial charge on any atom is 0.190 e. The van der Waals surface area contributed by atoms with Gasteiger partial charge in [-0.1, -0.05) is 60.2 Å². The lowest BCUT2D eigenvalue weighted by Crippen LogP contribution is -2.16. The van der Waals surface area contributed by atoms with E-state index in [0.717, 1.165) is 22.8 Å². The van der Waals surface area contributed by atoms with Crippen molar-refractivity contribution in [2.75, 3.05) is 7.11 Å². The number of hydrogen-bond donors (Lipinski definition) is 0. The molecule has 28 heavy (non-hydrogen) atoms. The smallest absolute Gasteiger partial charge is 0.190 e. The molecule has 0 fully saturated rings. The fourth-order valence-electron chi connectivity index (χ4n) is 3.06. The highest BCUT2D eigenvalue weighted by molar-refractivity contribution is 7.07. The Balaban J connectivity index is 1.81. The number of rotatable bonds is 5. The molecule has 0 atom stereocenters. The second kappa shape index (κ2) is 8.28. The lowest BCUT2D eigenvalue weighted by atomic mass is 10.1. The molecule has 0 aliphatic carbocycles. The van der Waals surface area contributed by atoms with Crippen LogP contribution in [-0.4, -0.2) is 11.7 Å². The van der Waals surface area contributed by atoms with E-state index in [1.807, 2.05) is 30.3 Å². The van der Waals surface area contributed by atoms with Crippen LogP contribution < -0.4 is 9.54 Å². The second-order valence-electron chi connectivity index (χ2n) is 6.65. The monoisotopic (exact) mass is 386 g/mol. The van der Waals surface area contributed by atoms with Gasteiger partial charge in [-0.15, -0.1) is 11.3 Å². The molecule has 0 spiro atoms. The van der Waals surface area contributed by atoms with E-state index in [1.165, 1.54) is 22.4 Å². The summed E-state index contributed by atoms with van der Waals surface area (Å²) in [7, 11) is 1.67. The van der Waals surface area contributed by atoms with Gasteiger partial charge >= 0.3 is 0 Å². The molecule has 140 valence electrons. The molecule has 1 heterocycles. The third-order valence-corrected chi connectivity index (χ3v) is 5.49. The molecule has 0 N–H and O–H groups in total. The van der Waals surface area contributed by atoms with Crippen LogP contribution >= 0.6 is 11.3 Å². The zero-order valence-corrected chi connectivity index (χ0v) is 16.8. The minimum absolute atomic E-state index is 0.780. The summed E-state index contributed by atoms with van der Waals surface area (Å²) in [6.07, 6.45) is 0. The van der Waals surface area contributed by atoms with Crippen LogP contribution in [0.5, 0.6) is 5.75 Å². The average molecular weight is 387 g/mol. The molecule has 0 aliphatic heterocycles. The SMILES string of the molecule is COc1ccc(N=c2scc(-c3ccc(C)cc3)n2Cc2ccccc2)cc1. The van der Waals surface area contributed by atoms with Gasteiger partial charge in [0.2, 0.25) is 0 Å². The molecule has 4 aromatic rings. The van der Waals surface area contributed by atoms with Crippen molar-refractivity contribution >= 4 is 17.0 Å². The van der Waals surface area contributed by atoms with E-state index in [9.17, 15) is 0 Å². The number of ether oxygens (including phenoxy) is 1. The molecular weight excluding hydrogens is 364 g/mol. The minimum Gasteiger partial charge on any atom is -0.497 e. The molecule has 0 aliphatic rings. The van der Waals surface area contributed by atoms with Crippen molar-refractivity contribution in [1.82, 2.24) is 4.57 Å². The van der Waals surface area contributed by atoms with Crippen LogP contribution in [0, 0.1) is 6.92 Å². The molecule has 4 rings (SSSR count). The Morgan fingerprint density at radius 2 is 1.61 bits per heavy atom. The third-order valence-electron chi connectivity index (χ3n) is 4.63. The normalized spacial score (nSPS) is 11.6. The molecule has 0 bridgehead atoms. The van der Waals surface area contributed by atoms with Gasteiger partial charge in [0, 0.05) is 5.38 Å². The molecule has 0 radical (unpaired) electrons. The zero-order valence-electron chi connectivity index (χ0n) is 16.0. The summed E-state index contributed by atoms with van der Waals surface area (Å²) >= 11 is 1.66. The average Bonchev–Trinajstić information content (AvgIpc) is 3.12. The standard InChI is InChI=1S/C24H22N2OS/c1-18-8-10-20(11-9-18)23-17-28-24(25-21-12-14-22(27-2)15-13-21)26(23)16-19-6-4-3-5-7-19/h3-15,17H,16H2,1-2H3. The fraction of sp³-hybridized carbons (Fsp3) is 0.125. The lowest BCUT2D eigenvalue weighted by Gasteiger charge is -2.10. The van der Waals surface area contributed by atoms with Crippen LogP contribution in [0.2, 0.25) is 0 Å². The zero-order chi connectivity index (χ0) is 19.3. The Labute approximate surface area is 169 Å². The summed E-state index contributed by atoms with van der Waals surface area (Å²) in [6.45, 7) is 2.89. The highest BCUT2D eigenvalue weighted by Gasteiger charge is 2.09. The van der Waals surface area contributed by atoms with Crippen molar-refractivity contribution < 1.29 is 4.74 Å². The number of methoxy groups -OCH3 is 1. The second-order valence-corrected chi connectivity index (χ2v) is 7.49. The summed E-state index contributed by atoms with van der Waals surface area (Å²) in [5, 5.41) is 2.19. The minimum atomic E-state index is 0.780. The molecule has 4 heteroatoms. The summed E-state index contributed by atoms with van der Waals surface area (Å²) < 4.78 is 7.54. The van der Waals surface area contributed by atoms with Gasteiger partial charge in [-0.3, -0.25) is 0 Å². The van der Waals surface area contributed by atoms with Crippen molar-refractivity contribution in [1.29, 1.82) is 0 Å². The molecule has 0 amide bonds. The number of hydrogen-bond acceptors (Lipinski definition) is 3. The molecule has 3 aromatic carbocycles. The van der Waals surface area contributed by atoms with Crippen LogP contribution in [0.4, 0.5) is 5.69 Å². The highest BCUT2D eigenvalue weighted by atomic mass is 32.1. The van der Waals surface area contributed by atoms with Gasteiger partial charge in [-0.2, -0.15) is 0 Å². The largest absolute Gasteiger partial charge is 0.497 e. The Hall–Kier alpha value is -3.11. The van der Waals surface area contributed by atoms with Gasteiger partial charge in [0.1, 0.15) is 5.75 Å². The maximum absolute atomic E-state index is 5.25. The molecule has 3 nitrogen and oxygen atoms in total. The summed E-state index contributed by atoms with van der Waals surface area (Å²) in [6, 6.07) is 27.0.